The predicted molar refractivity (Wildman–Crippen MR) is 97.9 cm³/mol. The number of hydrogen-bond acceptors (Lipinski definition) is 4. The lowest BCUT2D eigenvalue weighted by Gasteiger charge is -2.37. The van der Waals surface area contributed by atoms with Crippen molar-refractivity contribution in [2.24, 2.45) is 11.8 Å². The van der Waals surface area contributed by atoms with Crippen molar-refractivity contribution in [1.29, 1.82) is 5.26 Å². The molecule has 0 bridgehead atoms. The smallest absolute Gasteiger partial charge is 0.120 e. The summed E-state index contributed by atoms with van der Waals surface area (Å²) in [5.41, 5.74) is 1.95. The van der Waals surface area contributed by atoms with E-state index < -0.39 is 0 Å². The van der Waals surface area contributed by atoms with E-state index in [1.807, 2.05) is 24.3 Å². The Labute approximate surface area is 149 Å². The Balaban J connectivity index is 1.74. The van der Waals surface area contributed by atoms with Gasteiger partial charge in [-0.15, -0.1) is 0 Å². The molecule has 3 rings (SSSR count). The number of benzene rings is 2. The average Bonchev–Trinajstić information content (AvgIpc) is 2.67. The van der Waals surface area contributed by atoms with Gasteiger partial charge in [-0.25, -0.2) is 0 Å². The minimum atomic E-state index is 0.378. The molecule has 0 radical (unpaired) electrons. The molecule has 0 amide bonds. The Morgan fingerprint density at radius 2 is 1.92 bits per heavy atom. The Morgan fingerprint density at radius 1 is 1.12 bits per heavy atom. The highest BCUT2D eigenvalue weighted by Gasteiger charge is 2.32. The predicted octanol–water partition coefficient (Wildman–Crippen LogP) is 3.58. The molecule has 130 valence electrons. The molecule has 25 heavy (non-hydrogen) atoms. The number of nitrogens with zero attached hydrogens (tertiary/aromatic N) is 1. The molecule has 0 spiro atoms. The first-order chi connectivity index (χ1) is 12.2. The van der Waals surface area contributed by atoms with Crippen molar-refractivity contribution in [1.82, 2.24) is 5.32 Å². The third-order valence-electron chi connectivity index (χ3n) is 4.92. The number of nitriles is 1. The third kappa shape index (κ3) is 4.12. The number of ether oxygens (including phenoxy) is 2. The second-order valence-corrected chi connectivity index (χ2v) is 6.65. The molecule has 4 nitrogen and oxygen atoms in total. The van der Waals surface area contributed by atoms with Crippen LogP contribution in [-0.4, -0.2) is 26.8 Å². The van der Waals surface area contributed by atoms with Crippen LogP contribution in [0.2, 0.25) is 0 Å². The Hall–Kier alpha value is -2.51. The molecular weight excluding hydrogens is 312 g/mol. The molecule has 3 unspecified atom stereocenters. The SMILES string of the molecule is COc1ccc(C2C(C)CNCC2COc2cccc(C#N)c2)cc1. The molecule has 1 heterocycles. The van der Waals surface area contributed by atoms with Crippen molar-refractivity contribution in [2.75, 3.05) is 26.8 Å². The number of rotatable bonds is 5. The van der Waals surface area contributed by atoms with Crippen LogP contribution in [0.25, 0.3) is 0 Å². The van der Waals surface area contributed by atoms with Crippen LogP contribution >= 0.6 is 0 Å². The summed E-state index contributed by atoms with van der Waals surface area (Å²) in [5, 5.41) is 12.5. The number of methoxy groups -OCH3 is 1. The highest BCUT2D eigenvalue weighted by molar-refractivity contribution is 5.36. The van der Waals surface area contributed by atoms with Gasteiger partial charge in [0.1, 0.15) is 11.5 Å². The van der Waals surface area contributed by atoms with Gasteiger partial charge in [-0.2, -0.15) is 5.26 Å². The monoisotopic (exact) mass is 336 g/mol. The second-order valence-electron chi connectivity index (χ2n) is 6.65. The van der Waals surface area contributed by atoms with Gasteiger partial charge in [0, 0.05) is 12.5 Å². The Bertz CT molecular complexity index is 736. The zero-order valence-electron chi connectivity index (χ0n) is 14.7. The van der Waals surface area contributed by atoms with Crippen molar-refractivity contribution >= 4 is 0 Å². The van der Waals surface area contributed by atoms with Crippen LogP contribution in [0.3, 0.4) is 0 Å². The normalized spacial score (nSPS) is 22.8. The largest absolute Gasteiger partial charge is 0.497 e. The van der Waals surface area contributed by atoms with Gasteiger partial charge in [0.25, 0.3) is 0 Å². The molecule has 0 saturated carbocycles. The minimum Gasteiger partial charge on any atom is -0.497 e. The van der Waals surface area contributed by atoms with E-state index in [-0.39, 0.29) is 0 Å². The van der Waals surface area contributed by atoms with Crippen LogP contribution < -0.4 is 14.8 Å². The van der Waals surface area contributed by atoms with Crippen LogP contribution in [0.1, 0.15) is 24.0 Å². The Morgan fingerprint density at radius 3 is 2.64 bits per heavy atom. The fourth-order valence-electron chi connectivity index (χ4n) is 3.66. The molecule has 1 aliphatic rings. The summed E-state index contributed by atoms with van der Waals surface area (Å²) in [5.74, 6) is 2.98. The maximum atomic E-state index is 9.02. The van der Waals surface area contributed by atoms with E-state index in [0.29, 0.717) is 29.9 Å². The summed E-state index contributed by atoms with van der Waals surface area (Å²) >= 11 is 0. The van der Waals surface area contributed by atoms with Crippen LogP contribution in [0.4, 0.5) is 0 Å². The fraction of sp³-hybridized carbons (Fsp3) is 0.381. The van der Waals surface area contributed by atoms with Gasteiger partial charge in [-0.05, 0) is 54.3 Å². The molecular formula is C21H24N2O2. The molecule has 3 atom stereocenters. The fourth-order valence-corrected chi connectivity index (χ4v) is 3.66. The van der Waals surface area contributed by atoms with Crippen LogP contribution in [0.15, 0.2) is 48.5 Å². The molecule has 1 saturated heterocycles. The van der Waals surface area contributed by atoms with Gasteiger partial charge in [-0.3, -0.25) is 0 Å². The summed E-state index contributed by atoms with van der Waals surface area (Å²) in [4.78, 5) is 0. The maximum absolute atomic E-state index is 9.02. The summed E-state index contributed by atoms with van der Waals surface area (Å²) < 4.78 is 11.3. The average molecular weight is 336 g/mol. The van der Waals surface area contributed by atoms with Crippen LogP contribution in [0, 0.1) is 23.2 Å². The summed E-state index contributed by atoms with van der Waals surface area (Å²) in [7, 11) is 1.69. The first-order valence-corrected chi connectivity index (χ1v) is 8.69. The van der Waals surface area contributed by atoms with E-state index in [0.717, 1.165) is 24.6 Å². The van der Waals surface area contributed by atoms with E-state index in [1.165, 1.54) is 5.56 Å². The number of piperidine rings is 1. The zero-order valence-corrected chi connectivity index (χ0v) is 14.7. The van der Waals surface area contributed by atoms with E-state index >= 15 is 0 Å². The maximum Gasteiger partial charge on any atom is 0.120 e. The lowest BCUT2D eigenvalue weighted by Crippen LogP contribution is -2.43. The Kier molecular flexibility index (Phi) is 5.57. The summed E-state index contributed by atoms with van der Waals surface area (Å²) in [6, 6.07) is 17.9. The molecule has 0 aromatic heterocycles. The van der Waals surface area contributed by atoms with Crippen molar-refractivity contribution in [2.45, 2.75) is 12.8 Å². The first kappa shape index (κ1) is 17.3. The van der Waals surface area contributed by atoms with Gasteiger partial charge in [0.15, 0.2) is 0 Å². The molecule has 0 aliphatic carbocycles. The summed E-state index contributed by atoms with van der Waals surface area (Å²) in [6.07, 6.45) is 0. The van der Waals surface area contributed by atoms with E-state index in [1.54, 1.807) is 19.2 Å². The van der Waals surface area contributed by atoms with Crippen molar-refractivity contribution in [3.8, 4) is 17.6 Å². The van der Waals surface area contributed by atoms with Crippen molar-refractivity contribution in [3.63, 3.8) is 0 Å². The first-order valence-electron chi connectivity index (χ1n) is 8.69. The minimum absolute atomic E-state index is 0.378. The topological polar surface area (TPSA) is 54.3 Å². The van der Waals surface area contributed by atoms with Crippen molar-refractivity contribution < 1.29 is 9.47 Å². The van der Waals surface area contributed by atoms with E-state index in [4.69, 9.17) is 14.7 Å². The number of hydrogen-bond donors (Lipinski definition) is 1. The summed E-state index contributed by atoms with van der Waals surface area (Å²) in [6.45, 7) is 4.85. The van der Waals surface area contributed by atoms with E-state index in [2.05, 4.69) is 30.4 Å². The van der Waals surface area contributed by atoms with Gasteiger partial charge in [-0.1, -0.05) is 25.1 Å². The highest BCUT2D eigenvalue weighted by atomic mass is 16.5. The van der Waals surface area contributed by atoms with Crippen LogP contribution in [-0.2, 0) is 0 Å². The molecule has 1 N–H and O–H groups in total. The molecule has 2 aromatic carbocycles. The molecule has 1 fully saturated rings. The molecule has 4 heteroatoms. The van der Waals surface area contributed by atoms with Gasteiger partial charge >= 0.3 is 0 Å². The van der Waals surface area contributed by atoms with Gasteiger partial charge < -0.3 is 14.8 Å². The lowest BCUT2D eigenvalue weighted by molar-refractivity contribution is 0.166. The van der Waals surface area contributed by atoms with Crippen LogP contribution in [0.5, 0.6) is 11.5 Å². The zero-order chi connectivity index (χ0) is 17.6. The third-order valence-corrected chi connectivity index (χ3v) is 4.92. The van der Waals surface area contributed by atoms with Gasteiger partial charge in [0.05, 0.1) is 25.3 Å². The second kappa shape index (κ2) is 8.04. The molecule has 1 aliphatic heterocycles. The quantitative estimate of drug-likeness (QED) is 0.907. The standard InChI is InChI=1S/C21H24N2O2/c1-15-12-23-13-18(14-25-20-5-3-4-16(10-20)11-22)21(15)17-6-8-19(24-2)9-7-17/h3-10,15,18,21,23H,12-14H2,1-2H3. The lowest BCUT2D eigenvalue weighted by atomic mass is 9.75. The highest BCUT2D eigenvalue weighted by Crippen LogP contribution is 2.35. The molecule has 2 aromatic rings. The van der Waals surface area contributed by atoms with Gasteiger partial charge in [0.2, 0.25) is 0 Å². The van der Waals surface area contributed by atoms with E-state index in [9.17, 15) is 0 Å². The number of nitrogens with one attached hydrogen (secondary N) is 1. The van der Waals surface area contributed by atoms with Crippen molar-refractivity contribution in [3.05, 3.63) is 59.7 Å².